The summed E-state index contributed by atoms with van der Waals surface area (Å²) in [5, 5.41) is 34.2. The largest absolute Gasteiger partial charge is 0.506 e. The number of non-ortho nitro benzene ring substituents is 1. The smallest absolute Gasteiger partial charge is 0.271 e. The number of hydrazone groups is 1. The number of nitro benzene ring substituents is 1. The first-order valence-electron chi connectivity index (χ1n) is 7.23. The van der Waals surface area contributed by atoms with E-state index in [0.717, 1.165) is 0 Å². The molecule has 0 saturated heterocycles. The number of hydrogen-bond donors (Lipinski definition) is 2. The number of ether oxygens (including phenoxy) is 1. The van der Waals surface area contributed by atoms with Crippen LogP contribution in [0.5, 0.6) is 5.75 Å². The number of nitriles is 1. The number of nitrogens with one attached hydrogen (secondary N) is 1. The molecule has 26 heavy (non-hydrogen) atoms. The van der Waals surface area contributed by atoms with E-state index in [1.165, 1.54) is 25.5 Å². The van der Waals surface area contributed by atoms with E-state index < -0.39 is 4.92 Å². The van der Waals surface area contributed by atoms with Gasteiger partial charge in [-0.15, -0.1) is 0 Å². The molecule has 1 heterocycles. The number of aryl methyl sites for hydroxylation is 1. The van der Waals surface area contributed by atoms with Crippen molar-refractivity contribution in [1.82, 2.24) is 4.98 Å². The van der Waals surface area contributed by atoms with Crippen molar-refractivity contribution in [1.29, 1.82) is 5.26 Å². The minimum absolute atomic E-state index is 0.127. The van der Waals surface area contributed by atoms with E-state index in [1.54, 1.807) is 13.0 Å². The molecule has 0 spiro atoms. The fourth-order valence-electron chi connectivity index (χ4n) is 2.19. The summed E-state index contributed by atoms with van der Waals surface area (Å²) in [6.45, 7) is 2.00. The molecule has 1 aromatic carbocycles. The molecule has 1 aromatic heterocycles. The third-order valence-electron chi connectivity index (χ3n) is 3.30. The van der Waals surface area contributed by atoms with Gasteiger partial charge in [-0.3, -0.25) is 15.5 Å². The Bertz CT molecular complexity index is 924. The van der Waals surface area contributed by atoms with Gasteiger partial charge < -0.3 is 9.84 Å². The Morgan fingerprint density at radius 2 is 2.27 bits per heavy atom. The number of aromatic nitrogens is 1. The standard InChI is InChI=1S/C16H14BrN5O4/c1-9-3-11(8-26-2)13(6-18)16(20-9)21-19-7-10-4-12(22(24)25)5-14(17)15(10)23/h3-5,7,23H,8H2,1-2H3,(H,20,21)/b19-7+. The van der Waals surface area contributed by atoms with Gasteiger partial charge in [-0.05, 0) is 28.9 Å². The molecule has 134 valence electrons. The SMILES string of the molecule is COCc1cc(C)nc(N/N=C/c2cc([N+](=O)[O-])cc(Br)c2O)c1C#N. The number of phenolic OH excluding ortho intramolecular Hbond substituents is 1. The zero-order chi connectivity index (χ0) is 19.3. The number of hydrogen-bond acceptors (Lipinski definition) is 8. The Morgan fingerprint density at radius 3 is 2.88 bits per heavy atom. The van der Waals surface area contributed by atoms with Crippen LogP contribution >= 0.6 is 15.9 Å². The van der Waals surface area contributed by atoms with Gasteiger partial charge in [-0.25, -0.2) is 4.98 Å². The number of phenols is 1. The monoisotopic (exact) mass is 419 g/mol. The maximum atomic E-state index is 10.9. The highest BCUT2D eigenvalue weighted by Gasteiger charge is 2.14. The quantitative estimate of drug-likeness (QED) is 0.416. The van der Waals surface area contributed by atoms with E-state index in [9.17, 15) is 20.5 Å². The van der Waals surface area contributed by atoms with Gasteiger partial charge in [0.2, 0.25) is 0 Å². The first-order chi connectivity index (χ1) is 12.4. The number of halogens is 1. The van der Waals surface area contributed by atoms with Gasteiger partial charge in [-0.1, -0.05) is 0 Å². The topological polar surface area (TPSA) is 134 Å². The number of anilines is 1. The molecule has 0 atom stereocenters. The van der Waals surface area contributed by atoms with Gasteiger partial charge in [0, 0.05) is 36.1 Å². The van der Waals surface area contributed by atoms with Crippen molar-refractivity contribution >= 4 is 33.6 Å². The molecule has 2 N–H and O–H groups in total. The number of pyridine rings is 1. The lowest BCUT2D eigenvalue weighted by Crippen LogP contribution is -2.03. The van der Waals surface area contributed by atoms with E-state index >= 15 is 0 Å². The normalized spacial score (nSPS) is 10.7. The van der Waals surface area contributed by atoms with Crippen LogP contribution in [0.1, 0.15) is 22.4 Å². The van der Waals surface area contributed by atoms with Crippen LogP contribution in [-0.4, -0.2) is 28.3 Å². The second kappa shape index (κ2) is 8.37. The summed E-state index contributed by atoms with van der Waals surface area (Å²) in [6.07, 6.45) is 1.20. The van der Waals surface area contributed by atoms with Gasteiger partial charge in [0.25, 0.3) is 5.69 Å². The van der Waals surface area contributed by atoms with E-state index in [-0.39, 0.29) is 39.5 Å². The molecule has 0 saturated carbocycles. The van der Waals surface area contributed by atoms with E-state index in [1.807, 2.05) is 6.07 Å². The Hall–Kier alpha value is -3.03. The summed E-state index contributed by atoms with van der Waals surface area (Å²) >= 11 is 3.06. The van der Waals surface area contributed by atoms with Crippen LogP contribution in [0.15, 0.2) is 27.8 Å². The lowest BCUT2D eigenvalue weighted by Gasteiger charge is -2.09. The zero-order valence-corrected chi connectivity index (χ0v) is 15.4. The third-order valence-corrected chi connectivity index (χ3v) is 3.91. The number of nitro groups is 1. The predicted octanol–water partition coefficient (Wildman–Crippen LogP) is 3.23. The summed E-state index contributed by atoms with van der Waals surface area (Å²) in [4.78, 5) is 14.6. The Labute approximate surface area is 157 Å². The first-order valence-corrected chi connectivity index (χ1v) is 8.02. The van der Waals surface area contributed by atoms with Crippen LogP contribution in [0.3, 0.4) is 0 Å². The second-order valence-electron chi connectivity index (χ2n) is 5.18. The minimum atomic E-state index is -0.581. The molecular weight excluding hydrogens is 406 g/mol. The van der Waals surface area contributed by atoms with Gasteiger partial charge in [-0.2, -0.15) is 10.4 Å². The van der Waals surface area contributed by atoms with Gasteiger partial charge in [0.05, 0.1) is 22.2 Å². The van der Waals surface area contributed by atoms with Crippen molar-refractivity contribution in [3.8, 4) is 11.8 Å². The van der Waals surface area contributed by atoms with Crippen LogP contribution < -0.4 is 5.43 Å². The number of benzene rings is 1. The highest BCUT2D eigenvalue weighted by atomic mass is 79.9. The second-order valence-corrected chi connectivity index (χ2v) is 6.04. The predicted molar refractivity (Wildman–Crippen MR) is 98.1 cm³/mol. The van der Waals surface area contributed by atoms with Crippen LogP contribution in [0.2, 0.25) is 0 Å². The molecule has 0 radical (unpaired) electrons. The zero-order valence-electron chi connectivity index (χ0n) is 13.9. The maximum Gasteiger partial charge on any atom is 0.271 e. The van der Waals surface area contributed by atoms with Crippen LogP contribution in [0.25, 0.3) is 0 Å². The number of aromatic hydroxyl groups is 1. The number of nitrogens with zero attached hydrogens (tertiary/aromatic N) is 4. The van der Waals surface area contributed by atoms with Crippen molar-refractivity contribution in [2.45, 2.75) is 13.5 Å². The van der Waals surface area contributed by atoms with Gasteiger partial charge >= 0.3 is 0 Å². The average molecular weight is 420 g/mol. The third kappa shape index (κ3) is 4.33. The van der Waals surface area contributed by atoms with Crippen LogP contribution in [0.4, 0.5) is 11.5 Å². The Kier molecular flexibility index (Phi) is 6.21. The summed E-state index contributed by atoms with van der Waals surface area (Å²) in [5.74, 6) is 0.0266. The molecule has 0 aliphatic heterocycles. The molecule has 2 aromatic rings. The van der Waals surface area contributed by atoms with E-state index in [2.05, 4.69) is 31.4 Å². The lowest BCUT2D eigenvalue weighted by atomic mass is 10.1. The summed E-state index contributed by atoms with van der Waals surface area (Å²) in [6, 6.07) is 6.15. The van der Waals surface area contributed by atoms with Crippen molar-refractivity contribution in [2.75, 3.05) is 12.5 Å². The minimum Gasteiger partial charge on any atom is -0.506 e. The number of rotatable bonds is 6. The van der Waals surface area contributed by atoms with E-state index in [0.29, 0.717) is 11.3 Å². The molecule has 10 heteroatoms. The van der Waals surface area contributed by atoms with Gasteiger partial charge in [0.1, 0.15) is 17.4 Å². The summed E-state index contributed by atoms with van der Waals surface area (Å²) < 4.78 is 5.24. The molecule has 0 fully saturated rings. The van der Waals surface area contributed by atoms with Crippen LogP contribution in [0, 0.1) is 28.4 Å². The molecule has 0 bridgehead atoms. The highest BCUT2D eigenvalue weighted by molar-refractivity contribution is 9.10. The molecule has 0 aliphatic carbocycles. The van der Waals surface area contributed by atoms with E-state index in [4.69, 9.17) is 4.74 Å². The molecule has 9 nitrogen and oxygen atoms in total. The Balaban J connectivity index is 2.35. The molecule has 2 rings (SSSR count). The van der Waals surface area contributed by atoms with Crippen LogP contribution in [-0.2, 0) is 11.3 Å². The number of methoxy groups -OCH3 is 1. The van der Waals surface area contributed by atoms with Crippen molar-refractivity contribution in [2.24, 2.45) is 5.10 Å². The Morgan fingerprint density at radius 1 is 1.54 bits per heavy atom. The average Bonchev–Trinajstić information content (AvgIpc) is 2.58. The maximum absolute atomic E-state index is 10.9. The highest BCUT2D eigenvalue weighted by Crippen LogP contribution is 2.31. The summed E-state index contributed by atoms with van der Waals surface area (Å²) in [7, 11) is 1.52. The first kappa shape index (κ1) is 19.3. The molecule has 0 aliphatic rings. The summed E-state index contributed by atoms with van der Waals surface area (Å²) in [5.41, 5.74) is 4.15. The fraction of sp³-hybridized carbons (Fsp3) is 0.188. The van der Waals surface area contributed by atoms with Crippen molar-refractivity contribution in [3.05, 3.63) is 55.2 Å². The van der Waals surface area contributed by atoms with Gasteiger partial charge in [0.15, 0.2) is 5.82 Å². The molecular formula is C16H14BrN5O4. The van der Waals surface area contributed by atoms with Crippen molar-refractivity contribution < 1.29 is 14.8 Å². The molecule has 0 unspecified atom stereocenters. The fourth-order valence-corrected chi connectivity index (χ4v) is 2.65. The lowest BCUT2D eigenvalue weighted by molar-refractivity contribution is -0.385. The van der Waals surface area contributed by atoms with Crippen molar-refractivity contribution in [3.63, 3.8) is 0 Å². The molecule has 0 amide bonds.